The van der Waals surface area contributed by atoms with Crippen LogP contribution in [0.15, 0.2) is 23.7 Å². The summed E-state index contributed by atoms with van der Waals surface area (Å²) in [5, 5.41) is 12.9. The van der Waals surface area contributed by atoms with Crippen molar-refractivity contribution >= 4 is 18.1 Å². The molecule has 1 saturated carbocycles. The molecule has 0 aromatic rings. The number of fused-ring (bicyclic) bond motifs is 1. The Morgan fingerprint density at radius 1 is 1.17 bits per heavy atom. The summed E-state index contributed by atoms with van der Waals surface area (Å²) in [4.78, 5) is 4.84. The maximum Gasteiger partial charge on any atom is 0.272 e. The molecule has 30 heavy (non-hydrogen) atoms. The van der Waals surface area contributed by atoms with E-state index in [1.54, 1.807) is 0 Å². The number of hydroxylamine groups is 1. The van der Waals surface area contributed by atoms with E-state index in [-0.39, 0.29) is 30.0 Å². The quantitative estimate of drug-likeness (QED) is 0.456. The van der Waals surface area contributed by atoms with E-state index in [1.165, 1.54) is 25.3 Å². The molecule has 2 fully saturated rings. The summed E-state index contributed by atoms with van der Waals surface area (Å²) in [7, 11) is 0. The van der Waals surface area contributed by atoms with Crippen molar-refractivity contribution in [2.45, 2.75) is 96.0 Å². The molecule has 0 aromatic carbocycles. The third-order valence-electron chi connectivity index (χ3n) is 7.16. The van der Waals surface area contributed by atoms with Gasteiger partial charge in [0, 0.05) is 45.6 Å². The van der Waals surface area contributed by atoms with Gasteiger partial charge in [-0.3, -0.25) is 0 Å². The highest BCUT2D eigenvalue weighted by atomic mass is 35.5. The first-order valence-electron chi connectivity index (χ1n) is 11.5. The summed E-state index contributed by atoms with van der Waals surface area (Å²) in [6.07, 6.45) is 12.5. The van der Waals surface area contributed by atoms with Crippen LogP contribution in [0.1, 0.15) is 72.1 Å². The summed E-state index contributed by atoms with van der Waals surface area (Å²) in [5.41, 5.74) is 0.286. The molecule has 4 rings (SSSR count). The lowest BCUT2D eigenvalue weighted by Gasteiger charge is -2.45. The van der Waals surface area contributed by atoms with E-state index in [0.29, 0.717) is 18.6 Å². The summed E-state index contributed by atoms with van der Waals surface area (Å²) < 4.78 is 21.3. The van der Waals surface area contributed by atoms with Crippen molar-refractivity contribution in [1.82, 2.24) is 9.80 Å². The van der Waals surface area contributed by atoms with Gasteiger partial charge in [0.1, 0.15) is 5.70 Å². The summed E-state index contributed by atoms with van der Waals surface area (Å²) in [5.74, 6) is -0.370. The number of allylic oxidation sites excluding steroid dienone is 3. The molecule has 2 atom stereocenters. The molecule has 0 aromatic heterocycles. The lowest BCUT2D eigenvalue weighted by Crippen LogP contribution is -2.54. The third kappa shape index (κ3) is 4.28. The Balaban J connectivity index is 0.00000256. The first kappa shape index (κ1) is 23.6. The zero-order valence-corrected chi connectivity index (χ0v) is 19.4. The molecule has 2 aliphatic heterocycles. The van der Waals surface area contributed by atoms with Crippen molar-refractivity contribution in [2.75, 3.05) is 19.7 Å². The van der Waals surface area contributed by atoms with E-state index in [4.69, 9.17) is 4.74 Å². The average molecular weight is 442 g/mol. The van der Waals surface area contributed by atoms with Crippen LogP contribution in [0.3, 0.4) is 0 Å². The third-order valence-corrected chi connectivity index (χ3v) is 7.16. The topological polar surface area (TPSA) is 41.8 Å². The van der Waals surface area contributed by atoms with Gasteiger partial charge in [-0.2, -0.15) is 9.13 Å². The molecule has 170 valence electrons. The van der Waals surface area contributed by atoms with E-state index in [0.717, 1.165) is 55.8 Å². The van der Waals surface area contributed by atoms with Crippen LogP contribution in [-0.4, -0.2) is 63.8 Å². The minimum absolute atomic E-state index is 0. The maximum absolute atomic E-state index is 14.4. The largest absolute Gasteiger partial charge is 0.622 e. The first-order chi connectivity index (χ1) is 13.9. The van der Waals surface area contributed by atoms with Gasteiger partial charge in [0.25, 0.3) is 5.71 Å². The average Bonchev–Trinajstić information content (AvgIpc) is 2.93. The van der Waals surface area contributed by atoms with Gasteiger partial charge in [0.2, 0.25) is 5.66 Å². The molecule has 0 N–H and O–H groups in total. The highest BCUT2D eigenvalue weighted by Gasteiger charge is 2.52. The lowest BCUT2D eigenvalue weighted by molar-refractivity contribution is -0.559. The van der Waals surface area contributed by atoms with Crippen molar-refractivity contribution in [1.29, 1.82) is 0 Å². The van der Waals surface area contributed by atoms with Crippen LogP contribution in [0.4, 0.5) is 4.39 Å². The van der Waals surface area contributed by atoms with Gasteiger partial charge in [-0.05, 0) is 63.5 Å². The van der Waals surface area contributed by atoms with Crippen LogP contribution in [0.25, 0.3) is 0 Å². The van der Waals surface area contributed by atoms with Crippen LogP contribution in [-0.2, 0) is 4.74 Å². The predicted octanol–water partition coefficient (Wildman–Crippen LogP) is 4.75. The van der Waals surface area contributed by atoms with Crippen LogP contribution in [0.2, 0.25) is 0 Å². The van der Waals surface area contributed by atoms with Crippen LogP contribution < -0.4 is 0 Å². The SMILES string of the molecule is CCCOC1CCCC(N2CCC(N3C4=CCC=C(F)C4=[N+]([O-])C3(C)C)CC2)C1.Cl. The molecule has 0 amide bonds. The second-order valence-corrected chi connectivity index (χ2v) is 9.46. The molecule has 4 aliphatic rings. The highest BCUT2D eigenvalue weighted by molar-refractivity contribution is 6.09. The monoisotopic (exact) mass is 441 g/mol. The molecule has 5 nitrogen and oxygen atoms in total. The molecule has 2 aliphatic carbocycles. The van der Waals surface area contributed by atoms with Crippen LogP contribution in [0, 0.1) is 5.21 Å². The maximum atomic E-state index is 14.4. The van der Waals surface area contributed by atoms with E-state index in [9.17, 15) is 9.60 Å². The second kappa shape index (κ2) is 9.58. The van der Waals surface area contributed by atoms with Gasteiger partial charge in [-0.15, -0.1) is 12.4 Å². The van der Waals surface area contributed by atoms with E-state index >= 15 is 0 Å². The van der Waals surface area contributed by atoms with Crippen LogP contribution in [0.5, 0.6) is 0 Å². The fourth-order valence-corrected chi connectivity index (χ4v) is 5.71. The molecular weight excluding hydrogens is 405 g/mol. The van der Waals surface area contributed by atoms with Gasteiger partial charge in [0.15, 0.2) is 5.83 Å². The van der Waals surface area contributed by atoms with Crippen molar-refractivity contribution in [2.24, 2.45) is 0 Å². The second-order valence-electron chi connectivity index (χ2n) is 9.46. The number of likely N-dealkylation sites (tertiary alicyclic amines) is 1. The normalized spacial score (nSPS) is 29.9. The first-order valence-corrected chi connectivity index (χ1v) is 11.5. The number of ether oxygens (including phenoxy) is 1. The minimum Gasteiger partial charge on any atom is -0.622 e. The van der Waals surface area contributed by atoms with E-state index in [1.807, 2.05) is 19.9 Å². The zero-order chi connectivity index (χ0) is 20.6. The molecular formula is C23H37ClFN3O2. The van der Waals surface area contributed by atoms with Gasteiger partial charge in [0.05, 0.1) is 6.10 Å². The molecule has 0 bridgehead atoms. The Bertz CT molecular complexity index is 713. The molecule has 0 radical (unpaired) electrons. The van der Waals surface area contributed by atoms with Gasteiger partial charge >= 0.3 is 0 Å². The number of rotatable bonds is 5. The molecule has 1 saturated heterocycles. The molecule has 2 unspecified atom stereocenters. The lowest BCUT2D eigenvalue weighted by atomic mass is 9.89. The van der Waals surface area contributed by atoms with Gasteiger partial charge in [-0.1, -0.05) is 6.92 Å². The number of piperidine rings is 1. The van der Waals surface area contributed by atoms with Crippen molar-refractivity contribution < 1.29 is 13.9 Å². The van der Waals surface area contributed by atoms with Crippen molar-refractivity contribution in [3.05, 3.63) is 28.9 Å². The summed E-state index contributed by atoms with van der Waals surface area (Å²) in [6, 6.07) is 0.897. The number of halogens is 2. The Hall–Kier alpha value is -1.11. The predicted molar refractivity (Wildman–Crippen MR) is 121 cm³/mol. The smallest absolute Gasteiger partial charge is 0.272 e. The molecule has 7 heteroatoms. The van der Waals surface area contributed by atoms with Crippen LogP contribution >= 0.6 is 12.4 Å². The number of nitrogens with zero attached hydrogens (tertiary/aromatic N) is 3. The fraction of sp³-hybridized carbons (Fsp3) is 0.783. The Kier molecular flexibility index (Phi) is 7.52. The Morgan fingerprint density at radius 3 is 2.60 bits per heavy atom. The Morgan fingerprint density at radius 2 is 1.90 bits per heavy atom. The summed E-state index contributed by atoms with van der Waals surface area (Å²) >= 11 is 0. The van der Waals surface area contributed by atoms with Crippen molar-refractivity contribution in [3.63, 3.8) is 0 Å². The fourth-order valence-electron chi connectivity index (χ4n) is 5.71. The Labute approximate surface area is 186 Å². The molecule has 0 spiro atoms. The van der Waals surface area contributed by atoms with Gasteiger partial charge in [-0.25, -0.2) is 0 Å². The number of hydrogen-bond acceptors (Lipinski definition) is 4. The van der Waals surface area contributed by atoms with E-state index < -0.39 is 5.66 Å². The molecule has 2 heterocycles. The summed E-state index contributed by atoms with van der Waals surface area (Å²) in [6.45, 7) is 8.96. The standard InChI is InChI=1S/C23H36FN3O2.ClH/c1-4-15-29-19-8-5-7-18(16-19)25-13-11-17(12-14-25)26-21-10-6-9-20(24)22(21)27(28)23(26,2)3;/h9-10,17-19H,4-8,11-16H2,1-3H3;1H. The highest BCUT2D eigenvalue weighted by Crippen LogP contribution is 2.39. The van der Waals surface area contributed by atoms with E-state index in [2.05, 4.69) is 16.7 Å². The number of hydrogen-bond donors (Lipinski definition) is 0. The minimum atomic E-state index is -0.743. The van der Waals surface area contributed by atoms with Gasteiger partial charge < -0.3 is 19.7 Å². The zero-order valence-electron chi connectivity index (χ0n) is 18.6. The van der Waals surface area contributed by atoms with Crippen molar-refractivity contribution in [3.8, 4) is 0 Å².